The molecular weight excluding hydrogens is 479 g/mol. The first-order valence-electron chi connectivity index (χ1n) is 14.8. The van der Waals surface area contributed by atoms with Crippen LogP contribution < -0.4 is 21.5 Å². The van der Waals surface area contributed by atoms with Crippen molar-refractivity contribution < 1.29 is 8.83 Å². The topological polar surface area (TPSA) is 29.5 Å². The molecule has 1 saturated heterocycles. The lowest BCUT2D eigenvalue weighted by Crippen LogP contribution is -2.56. The van der Waals surface area contributed by atoms with Crippen LogP contribution in [0.4, 0.5) is 0 Å². The number of rotatable bonds is 14. The molecule has 1 aliphatic rings. The summed E-state index contributed by atoms with van der Waals surface area (Å²) in [6.07, 6.45) is 5.38. The fraction of sp³-hybridized carbons (Fsp3) is 0.724. The summed E-state index contributed by atoms with van der Waals surface area (Å²) in [5, 5.41) is 5.19. The highest BCUT2D eigenvalue weighted by atomic mass is 28.3. The van der Waals surface area contributed by atoms with Crippen molar-refractivity contribution in [1.29, 1.82) is 0 Å². The summed E-state index contributed by atoms with van der Waals surface area (Å²) in [7, 11) is -5.15. The zero-order valence-corrected chi connectivity index (χ0v) is 27.0. The summed E-state index contributed by atoms with van der Waals surface area (Å²) in [4.78, 5) is 2.69. The van der Waals surface area contributed by atoms with Crippen molar-refractivity contribution in [3.05, 3.63) is 24.3 Å². The molecular formula is C29H53NO2Si3. The van der Waals surface area contributed by atoms with Crippen LogP contribution in [0, 0.1) is 0 Å². The summed E-state index contributed by atoms with van der Waals surface area (Å²) in [6.45, 7) is 20.6. The van der Waals surface area contributed by atoms with E-state index < -0.39 is 24.2 Å². The van der Waals surface area contributed by atoms with E-state index in [1.54, 1.807) is 0 Å². The van der Waals surface area contributed by atoms with Crippen molar-refractivity contribution in [2.45, 2.75) is 116 Å². The van der Waals surface area contributed by atoms with Crippen LogP contribution in [0.2, 0.25) is 48.9 Å². The average Bonchev–Trinajstić information content (AvgIpc) is 3.60. The maximum absolute atomic E-state index is 6.92. The van der Waals surface area contributed by atoms with Crippen LogP contribution in [0.3, 0.4) is 0 Å². The second-order valence-corrected chi connectivity index (χ2v) is 25.8. The van der Waals surface area contributed by atoms with Gasteiger partial charge in [0.15, 0.2) is 0 Å². The quantitative estimate of drug-likeness (QED) is 0.265. The molecule has 3 nitrogen and oxygen atoms in total. The molecule has 2 aromatic heterocycles. The van der Waals surface area contributed by atoms with Gasteiger partial charge in [-0.2, -0.15) is 0 Å². The Labute approximate surface area is 219 Å². The average molecular weight is 532 g/mol. The van der Waals surface area contributed by atoms with E-state index in [9.17, 15) is 0 Å². The van der Waals surface area contributed by atoms with E-state index in [0.29, 0.717) is 0 Å². The van der Waals surface area contributed by atoms with Crippen molar-refractivity contribution >= 4 is 45.8 Å². The van der Waals surface area contributed by atoms with Gasteiger partial charge < -0.3 is 13.7 Å². The van der Waals surface area contributed by atoms with Gasteiger partial charge in [-0.25, -0.2) is 0 Å². The van der Waals surface area contributed by atoms with Crippen LogP contribution in [0.5, 0.6) is 0 Å². The van der Waals surface area contributed by atoms with E-state index in [-0.39, 0.29) is 0 Å². The lowest BCUT2D eigenvalue weighted by molar-refractivity contribution is 0.229. The van der Waals surface area contributed by atoms with E-state index in [1.165, 1.54) is 109 Å². The van der Waals surface area contributed by atoms with Gasteiger partial charge in [-0.15, -0.1) is 0 Å². The molecule has 198 valence electrons. The monoisotopic (exact) mass is 531 g/mol. The fourth-order valence-corrected chi connectivity index (χ4v) is 16.6. The first-order chi connectivity index (χ1) is 16.9. The SMILES string of the molecule is CC[Si](CC)(CC)c1ccc([Si](C)(CCCN2CCCCC2)c2ccc([Si](CC)(CC)CC)o2)o1. The minimum absolute atomic E-state index is 1.21. The Bertz CT molecular complexity index is 817. The van der Waals surface area contributed by atoms with Gasteiger partial charge in [-0.05, 0) is 69.2 Å². The number of hydrogen-bond acceptors (Lipinski definition) is 3. The molecule has 0 aromatic carbocycles. The minimum Gasteiger partial charge on any atom is -0.476 e. The third kappa shape index (κ3) is 5.86. The zero-order chi connectivity index (χ0) is 25.5. The van der Waals surface area contributed by atoms with E-state index in [4.69, 9.17) is 8.83 Å². The molecule has 0 saturated carbocycles. The van der Waals surface area contributed by atoms with Gasteiger partial charge in [0.05, 0.1) is 21.5 Å². The number of likely N-dealkylation sites (tertiary alicyclic amines) is 1. The smallest absolute Gasteiger partial charge is 0.203 e. The molecule has 1 aliphatic heterocycles. The lowest BCUT2D eigenvalue weighted by atomic mass is 10.1. The standard InChI is InChI=1S/C29H53NO2Si3/c1-8-34(9-2,10-3)28-20-18-26(31-28)33(7,25-17-24-30-22-15-14-16-23-30)27-19-21-29(32-27)35(11-4,12-5)13-6/h18-21H,8-17,22-25H2,1-7H3. The van der Waals surface area contributed by atoms with Gasteiger partial charge in [0.25, 0.3) is 0 Å². The first kappa shape index (κ1) is 28.7. The summed E-state index contributed by atoms with van der Waals surface area (Å²) in [5.74, 6) is 0. The van der Waals surface area contributed by atoms with Gasteiger partial charge in [0, 0.05) is 0 Å². The van der Waals surface area contributed by atoms with Gasteiger partial charge in [-0.1, -0.05) is 90.8 Å². The highest BCUT2D eigenvalue weighted by Crippen LogP contribution is 2.24. The second kappa shape index (κ2) is 12.6. The third-order valence-corrected chi connectivity index (χ3v) is 24.8. The molecule has 6 heteroatoms. The highest BCUT2D eigenvalue weighted by Gasteiger charge is 2.42. The summed E-state index contributed by atoms with van der Waals surface area (Å²) < 4.78 is 13.8. The number of hydrogen-bond donors (Lipinski definition) is 0. The molecule has 1 fully saturated rings. The molecule has 0 spiro atoms. The Morgan fingerprint density at radius 2 is 1.03 bits per heavy atom. The summed E-state index contributed by atoms with van der Waals surface area (Å²) in [6, 6.07) is 18.3. The highest BCUT2D eigenvalue weighted by molar-refractivity contribution is 7.00. The molecule has 0 atom stereocenters. The number of piperidine rings is 1. The normalized spacial score (nSPS) is 16.2. The van der Waals surface area contributed by atoms with Crippen LogP contribution in [0.25, 0.3) is 0 Å². The number of furan rings is 2. The number of nitrogens with zero attached hydrogens (tertiary/aromatic N) is 1. The molecule has 0 N–H and O–H groups in total. The molecule has 0 radical (unpaired) electrons. The largest absolute Gasteiger partial charge is 0.476 e. The van der Waals surface area contributed by atoms with E-state index in [1.807, 2.05) is 0 Å². The van der Waals surface area contributed by atoms with E-state index in [0.717, 1.165) is 0 Å². The predicted octanol–water partition coefficient (Wildman–Crippen LogP) is 6.37. The maximum atomic E-state index is 6.92. The first-order valence-corrected chi connectivity index (χ1v) is 22.8. The van der Waals surface area contributed by atoms with Gasteiger partial charge in [0.1, 0.15) is 16.1 Å². The Morgan fingerprint density at radius 3 is 1.43 bits per heavy atom. The Hall–Kier alpha value is -0.829. The molecule has 0 amide bonds. The molecule has 0 bridgehead atoms. The zero-order valence-electron chi connectivity index (χ0n) is 24.0. The molecule has 0 unspecified atom stereocenters. The summed E-state index contributed by atoms with van der Waals surface area (Å²) >= 11 is 0. The molecule has 2 aromatic rings. The Morgan fingerprint density at radius 1 is 0.629 bits per heavy atom. The van der Waals surface area contributed by atoms with Crippen molar-refractivity contribution in [1.82, 2.24) is 4.90 Å². The van der Waals surface area contributed by atoms with Gasteiger partial charge in [0.2, 0.25) is 8.07 Å². The van der Waals surface area contributed by atoms with Crippen molar-refractivity contribution in [2.24, 2.45) is 0 Å². The van der Waals surface area contributed by atoms with Gasteiger partial charge >= 0.3 is 0 Å². The molecule has 3 rings (SSSR count). The van der Waals surface area contributed by atoms with Crippen LogP contribution in [-0.2, 0) is 0 Å². The van der Waals surface area contributed by atoms with Crippen LogP contribution in [0.15, 0.2) is 33.1 Å². The molecule has 0 aliphatic carbocycles. The van der Waals surface area contributed by atoms with Crippen LogP contribution in [0.1, 0.15) is 67.2 Å². The van der Waals surface area contributed by atoms with Gasteiger partial charge in [-0.3, -0.25) is 0 Å². The Balaban J connectivity index is 1.95. The second-order valence-electron chi connectivity index (χ2n) is 11.3. The maximum Gasteiger partial charge on any atom is 0.203 e. The summed E-state index contributed by atoms with van der Waals surface area (Å²) in [5.41, 5.74) is 0. The molecule has 35 heavy (non-hydrogen) atoms. The Kier molecular flexibility index (Phi) is 10.4. The van der Waals surface area contributed by atoms with Crippen LogP contribution in [-0.4, -0.2) is 48.8 Å². The van der Waals surface area contributed by atoms with E-state index in [2.05, 4.69) is 77.3 Å². The van der Waals surface area contributed by atoms with Crippen molar-refractivity contribution in [2.75, 3.05) is 19.6 Å². The lowest BCUT2D eigenvalue weighted by Gasteiger charge is -2.29. The van der Waals surface area contributed by atoms with Crippen molar-refractivity contribution in [3.8, 4) is 0 Å². The van der Waals surface area contributed by atoms with E-state index >= 15 is 0 Å². The fourth-order valence-electron chi connectivity index (χ4n) is 6.59. The van der Waals surface area contributed by atoms with Crippen LogP contribution >= 0.6 is 0 Å². The predicted molar refractivity (Wildman–Crippen MR) is 162 cm³/mol. The minimum atomic E-state index is -2.09. The molecule has 3 heterocycles. The van der Waals surface area contributed by atoms with Crippen molar-refractivity contribution in [3.63, 3.8) is 0 Å². The third-order valence-electron chi connectivity index (χ3n) is 10.0.